The highest BCUT2D eigenvalue weighted by molar-refractivity contribution is 6.28. The molecule has 0 saturated heterocycles. The van der Waals surface area contributed by atoms with Gasteiger partial charge in [0.15, 0.2) is 11.6 Å². The summed E-state index contributed by atoms with van der Waals surface area (Å²) in [6, 6.07) is 4.82. The molecule has 18 heavy (non-hydrogen) atoms. The van der Waals surface area contributed by atoms with Crippen molar-refractivity contribution in [1.29, 1.82) is 0 Å². The van der Waals surface area contributed by atoms with Crippen LogP contribution in [0.1, 0.15) is 11.3 Å². The molecule has 0 aliphatic carbocycles. The summed E-state index contributed by atoms with van der Waals surface area (Å²) >= 11 is 5.71. The van der Waals surface area contributed by atoms with E-state index in [0.717, 1.165) is 0 Å². The van der Waals surface area contributed by atoms with E-state index in [0.29, 0.717) is 11.3 Å². The molecule has 4 nitrogen and oxygen atoms in total. The third kappa shape index (κ3) is 2.36. The van der Waals surface area contributed by atoms with Crippen LogP contribution in [0.4, 0.5) is 10.1 Å². The standard InChI is InChI=1S/C12H11ClFN3O/c1-6-4-3-5-8(9(6)14)18-11-10(15)7(2)16-12(13)17-11/h3-5H,15H2,1-2H3. The monoisotopic (exact) mass is 267 g/mol. The molecule has 0 unspecified atom stereocenters. The lowest BCUT2D eigenvalue weighted by molar-refractivity contribution is 0.426. The highest BCUT2D eigenvalue weighted by atomic mass is 35.5. The number of nitrogens with two attached hydrogens (primary N) is 1. The summed E-state index contributed by atoms with van der Waals surface area (Å²) in [6.45, 7) is 3.31. The molecule has 0 atom stereocenters. The highest BCUT2D eigenvalue weighted by Gasteiger charge is 2.13. The SMILES string of the molecule is Cc1cccc(Oc2nc(Cl)nc(C)c2N)c1F. The number of hydrogen-bond donors (Lipinski definition) is 1. The molecule has 2 aromatic rings. The van der Waals surface area contributed by atoms with Crippen molar-refractivity contribution in [2.45, 2.75) is 13.8 Å². The summed E-state index contributed by atoms with van der Waals surface area (Å²) in [5.41, 5.74) is 6.95. The average molecular weight is 268 g/mol. The van der Waals surface area contributed by atoms with Gasteiger partial charge in [0.2, 0.25) is 11.2 Å². The van der Waals surface area contributed by atoms with E-state index in [1.807, 2.05) is 0 Å². The van der Waals surface area contributed by atoms with Crippen molar-refractivity contribution < 1.29 is 9.13 Å². The Kier molecular flexibility index (Phi) is 3.34. The summed E-state index contributed by atoms with van der Waals surface area (Å²) in [5, 5.41) is 0.00441. The number of ether oxygens (including phenoxy) is 1. The number of halogens is 2. The van der Waals surface area contributed by atoms with E-state index in [1.165, 1.54) is 6.07 Å². The van der Waals surface area contributed by atoms with Crippen LogP contribution in [0.5, 0.6) is 11.6 Å². The molecule has 94 valence electrons. The van der Waals surface area contributed by atoms with E-state index in [9.17, 15) is 4.39 Å². The highest BCUT2D eigenvalue weighted by Crippen LogP contribution is 2.30. The second-order valence-corrected chi connectivity index (χ2v) is 4.12. The van der Waals surface area contributed by atoms with Gasteiger partial charge >= 0.3 is 0 Å². The van der Waals surface area contributed by atoms with Gasteiger partial charge in [-0.1, -0.05) is 12.1 Å². The third-order valence-corrected chi connectivity index (χ3v) is 2.61. The number of nitrogen functional groups attached to an aromatic ring is 1. The average Bonchev–Trinajstić information content (AvgIpc) is 2.31. The number of rotatable bonds is 2. The molecule has 1 aromatic heterocycles. The van der Waals surface area contributed by atoms with Crippen LogP contribution in [-0.2, 0) is 0 Å². The minimum Gasteiger partial charge on any atom is -0.434 e. The van der Waals surface area contributed by atoms with Gasteiger partial charge in [0.05, 0.1) is 5.69 Å². The van der Waals surface area contributed by atoms with E-state index >= 15 is 0 Å². The van der Waals surface area contributed by atoms with Crippen LogP contribution in [0.25, 0.3) is 0 Å². The number of nitrogens with zero attached hydrogens (tertiary/aromatic N) is 2. The Balaban J connectivity index is 2.43. The van der Waals surface area contributed by atoms with Crippen LogP contribution in [0.15, 0.2) is 18.2 Å². The summed E-state index contributed by atoms with van der Waals surface area (Å²) in [6.07, 6.45) is 0. The van der Waals surface area contributed by atoms with E-state index in [1.54, 1.807) is 26.0 Å². The van der Waals surface area contributed by atoms with Gasteiger partial charge in [-0.15, -0.1) is 0 Å². The Bertz CT molecular complexity index is 604. The molecular weight excluding hydrogens is 257 g/mol. The minimum absolute atomic E-state index is 0.00441. The van der Waals surface area contributed by atoms with Gasteiger partial charge in [0, 0.05) is 0 Å². The molecule has 6 heteroatoms. The lowest BCUT2D eigenvalue weighted by Gasteiger charge is -2.10. The van der Waals surface area contributed by atoms with Gasteiger partial charge in [0.1, 0.15) is 5.69 Å². The van der Waals surface area contributed by atoms with E-state index < -0.39 is 5.82 Å². The summed E-state index contributed by atoms with van der Waals surface area (Å²) < 4.78 is 19.1. The van der Waals surface area contributed by atoms with Crippen LogP contribution >= 0.6 is 11.6 Å². The molecular formula is C12H11ClFN3O. The topological polar surface area (TPSA) is 61.0 Å². The predicted molar refractivity (Wildman–Crippen MR) is 67.4 cm³/mol. The Morgan fingerprint density at radius 2 is 2.00 bits per heavy atom. The second kappa shape index (κ2) is 4.78. The lowest BCUT2D eigenvalue weighted by atomic mass is 10.2. The maximum atomic E-state index is 13.8. The van der Waals surface area contributed by atoms with Crippen molar-refractivity contribution >= 4 is 17.3 Å². The van der Waals surface area contributed by atoms with Crippen LogP contribution in [0.3, 0.4) is 0 Å². The zero-order valence-corrected chi connectivity index (χ0v) is 10.6. The Labute approximate surface area is 109 Å². The summed E-state index contributed by atoms with van der Waals surface area (Å²) in [7, 11) is 0. The molecule has 1 aromatic carbocycles. The third-order valence-electron chi connectivity index (χ3n) is 2.44. The molecule has 0 fully saturated rings. The predicted octanol–water partition coefficient (Wildman–Crippen LogP) is 3.26. The number of benzene rings is 1. The van der Waals surface area contributed by atoms with Crippen molar-refractivity contribution in [1.82, 2.24) is 9.97 Å². The fourth-order valence-corrected chi connectivity index (χ4v) is 1.61. The molecule has 0 aliphatic rings. The molecule has 0 aliphatic heterocycles. The number of anilines is 1. The normalized spacial score (nSPS) is 10.4. The van der Waals surface area contributed by atoms with Crippen molar-refractivity contribution in [2.24, 2.45) is 0 Å². The van der Waals surface area contributed by atoms with E-state index in [4.69, 9.17) is 22.1 Å². The first kappa shape index (κ1) is 12.6. The van der Waals surface area contributed by atoms with E-state index in [-0.39, 0.29) is 22.6 Å². The number of aryl methyl sites for hydroxylation is 2. The smallest absolute Gasteiger partial charge is 0.247 e. The maximum absolute atomic E-state index is 13.8. The fraction of sp³-hybridized carbons (Fsp3) is 0.167. The van der Waals surface area contributed by atoms with Crippen molar-refractivity contribution in [3.8, 4) is 11.6 Å². The quantitative estimate of drug-likeness (QED) is 0.849. The first-order valence-electron chi connectivity index (χ1n) is 5.21. The van der Waals surface area contributed by atoms with Gasteiger partial charge in [0.25, 0.3) is 0 Å². The number of aromatic nitrogens is 2. The lowest BCUT2D eigenvalue weighted by Crippen LogP contribution is -2.02. The largest absolute Gasteiger partial charge is 0.434 e. The fourth-order valence-electron chi connectivity index (χ4n) is 1.40. The summed E-state index contributed by atoms with van der Waals surface area (Å²) in [5.74, 6) is -0.350. The zero-order chi connectivity index (χ0) is 13.3. The molecule has 0 radical (unpaired) electrons. The first-order valence-corrected chi connectivity index (χ1v) is 5.59. The van der Waals surface area contributed by atoms with Crippen LogP contribution < -0.4 is 10.5 Å². The zero-order valence-electron chi connectivity index (χ0n) is 9.87. The van der Waals surface area contributed by atoms with Gasteiger partial charge in [-0.3, -0.25) is 0 Å². The van der Waals surface area contributed by atoms with Crippen LogP contribution in [0.2, 0.25) is 5.28 Å². The van der Waals surface area contributed by atoms with Crippen molar-refractivity contribution in [3.63, 3.8) is 0 Å². The van der Waals surface area contributed by atoms with E-state index in [2.05, 4.69) is 9.97 Å². The van der Waals surface area contributed by atoms with Gasteiger partial charge in [-0.05, 0) is 37.1 Å². The van der Waals surface area contributed by atoms with Gasteiger partial charge in [-0.2, -0.15) is 4.98 Å². The van der Waals surface area contributed by atoms with Crippen molar-refractivity contribution in [2.75, 3.05) is 5.73 Å². The molecule has 2 N–H and O–H groups in total. The maximum Gasteiger partial charge on any atom is 0.247 e. The van der Waals surface area contributed by atoms with Crippen LogP contribution in [-0.4, -0.2) is 9.97 Å². The molecule has 2 rings (SSSR count). The summed E-state index contributed by atoms with van der Waals surface area (Å²) in [4.78, 5) is 7.71. The Morgan fingerprint density at radius 3 is 2.72 bits per heavy atom. The molecule has 1 heterocycles. The van der Waals surface area contributed by atoms with Gasteiger partial charge in [-0.25, -0.2) is 9.37 Å². The molecule has 0 spiro atoms. The van der Waals surface area contributed by atoms with Crippen LogP contribution in [0, 0.1) is 19.7 Å². The minimum atomic E-state index is -0.454. The molecule has 0 saturated carbocycles. The first-order chi connectivity index (χ1) is 8.49. The number of hydrogen-bond acceptors (Lipinski definition) is 4. The Hall–Kier alpha value is -1.88. The Morgan fingerprint density at radius 1 is 1.28 bits per heavy atom. The van der Waals surface area contributed by atoms with Gasteiger partial charge < -0.3 is 10.5 Å². The second-order valence-electron chi connectivity index (χ2n) is 3.79. The molecule has 0 amide bonds. The van der Waals surface area contributed by atoms with Crippen molar-refractivity contribution in [3.05, 3.63) is 40.6 Å². The molecule has 0 bridgehead atoms.